The molecule has 1 aliphatic carbocycles. The van der Waals surface area contributed by atoms with Crippen molar-refractivity contribution < 1.29 is 19.1 Å². The van der Waals surface area contributed by atoms with Gasteiger partial charge in [-0.3, -0.25) is 0 Å². The molecule has 0 bridgehead atoms. The SMILES string of the molecule is NC(=O)OC1CCCC(OC(N)=O)C1. The Labute approximate surface area is 81.5 Å². The predicted octanol–water partition coefficient (Wildman–Crippen LogP) is 0.488. The Morgan fingerprint density at radius 1 is 1.00 bits per heavy atom. The molecule has 2 amide bonds. The molecule has 0 aromatic carbocycles. The van der Waals surface area contributed by atoms with Crippen molar-refractivity contribution in [2.75, 3.05) is 0 Å². The summed E-state index contributed by atoms with van der Waals surface area (Å²) < 4.78 is 9.62. The summed E-state index contributed by atoms with van der Waals surface area (Å²) in [6.07, 6.45) is 0.700. The normalized spacial score (nSPS) is 26.6. The molecule has 6 nitrogen and oxygen atoms in total. The van der Waals surface area contributed by atoms with Crippen LogP contribution in [0.2, 0.25) is 0 Å². The molecule has 0 saturated heterocycles. The minimum atomic E-state index is -0.797. The zero-order valence-electron chi connectivity index (χ0n) is 7.77. The summed E-state index contributed by atoms with van der Waals surface area (Å²) in [5, 5.41) is 0. The summed E-state index contributed by atoms with van der Waals surface area (Å²) >= 11 is 0. The number of nitrogens with two attached hydrogens (primary N) is 2. The topological polar surface area (TPSA) is 105 Å². The van der Waals surface area contributed by atoms with Gasteiger partial charge in [0.1, 0.15) is 12.2 Å². The van der Waals surface area contributed by atoms with Gasteiger partial charge in [-0.2, -0.15) is 0 Å². The first kappa shape index (κ1) is 10.6. The van der Waals surface area contributed by atoms with E-state index in [0.29, 0.717) is 6.42 Å². The smallest absolute Gasteiger partial charge is 0.404 e. The molecule has 0 aromatic heterocycles. The summed E-state index contributed by atoms with van der Waals surface area (Å²) in [6.45, 7) is 0. The highest BCUT2D eigenvalue weighted by atomic mass is 16.6. The average Bonchev–Trinajstić information content (AvgIpc) is 2.01. The van der Waals surface area contributed by atoms with Crippen molar-refractivity contribution in [3.63, 3.8) is 0 Å². The molecule has 2 unspecified atom stereocenters. The van der Waals surface area contributed by atoms with Crippen molar-refractivity contribution in [1.82, 2.24) is 0 Å². The number of primary amides is 2. The Kier molecular flexibility index (Phi) is 3.55. The Morgan fingerprint density at radius 3 is 1.79 bits per heavy atom. The lowest BCUT2D eigenvalue weighted by Gasteiger charge is -2.27. The lowest BCUT2D eigenvalue weighted by Crippen LogP contribution is -2.33. The van der Waals surface area contributed by atoms with Crippen LogP contribution >= 0.6 is 0 Å². The Hall–Kier alpha value is -1.46. The number of ether oxygens (including phenoxy) is 2. The van der Waals surface area contributed by atoms with E-state index in [1.807, 2.05) is 0 Å². The van der Waals surface area contributed by atoms with Crippen LogP contribution < -0.4 is 11.5 Å². The molecule has 14 heavy (non-hydrogen) atoms. The highest BCUT2D eigenvalue weighted by molar-refractivity contribution is 5.65. The van der Waals surface area contributed by atoms with E-state index in [0.717, 1.165) is 19.3 Å². The lowest BCUT2D eigenvalue weighted by molar-refractivity contribution is 0.0170. The molecule has 1 saturated carbocycles. The van der Waals surface area contributed by atoms with E-state index in [4.69, 9.17) is 20.9 Å². The van der Waals surface area contributed by atoms with E-state index in [9.17, 15) is 9.59 Å². The molecule has 0 aliphatic heterocycles. The first-order valence-corrected chi connectivity index (χ1v) is 4.50. The van der Waals surface area contributed by atoms with Gasteiger partial charge >= 0.3 is 12.2 Å². The van der Waals surface area contributed by atoms with Gasteiger partial charge in [-0.15, -0.1) is 0 Å². The second-order valence-electron chi connectivity index (χ2n) is 3.28. The van der Waals surface area contributed by atoms with Gasteiger partial charge in [-0.1, -0.05) is 0 Å². The van der Waals surface area contributed by atoms with Crippen LogP contribution in [0.1, 0.15) is 25.7 Å². The Bertz CT molecular complexity index is 209. The Morgan fingerprint density at radius 2 is 1.43 bits per heavy atom. The van der Waals surface area contributed by atoms with E-state index >= 15 is 0 Å². The summed E-state index contributed by atoms with van der Waals surface area (Å²) in [6, 6.07) is 0. The van der Waals surface area contributed by atoms with E-state index in [1.54, 1.807) is 0 Å². The molecular weight excluding hydrogens is 188 g/mol. The Balaban J connectivity index is 2.35. The first-order chi connectivity index (χ1) is 6.58. The van der Waals surface area contributed by atoms with Crippen LogP contribution in [-0.4, -0.2) is 24.4 Å². The van der Waals surface area contributed by atoms with Crippen molar-refractivity contribution in [2.45, 2.75) is 37.9 Å². The molecule has 6 heteroatoms. The maximum atomic E-state index is 10.5. The fourth-order valence-electron chi connectivity index (χ4n) is 1.64. The number of carbonyl (C=O) groups excluding carboxylic acids is 2. The second kappa shape index (κ2) is 4.69. The van der Waals surface area contributed by atoms with E-state index in [1.165, 1.54) is 0 Å². The number of hydrogen-bond acceptors (Lipinski definition) is 4. The monoisotopic (exact) mass is 202 g/mol. The summed E-state index contributed by atoms with van der Waals surface area (Å²) in [7, 11) is 0. The first-order valence-electron chi connectivity index (χ1n) is 4.50. The quantitative estimate of drug-likeness (QED) is 0.679. The second-order valence-corrected chi connectivity index (χ2v) is 3.28. The summed E-state index contributed by atoms with van der Waals surface area (Å²) in [5.74, 6) is 0. The molecule has 1 fully saturated rings. The van der Waals surface area contributed by atoms with Gasteiger partial charge in [-0.05, 0) is 19.3 Å². The third-order valence-electron chi connectivity index (χ3n) is 2.14. The molecular formula is C8H14N2O4. The van der Waals surface area contributed by atoms with Crippen LogP contribution in [-0.2, 0) is 9.47 Å². The predicted molar refractivity (Wildman–Crippen MR) is 47.4 cm³/mol. The molecule has 0 spiro atoms. The third kappa shape index (κ3) is 3.51. The molecule has 0 heterocycles. The maximum absolute atomic E-state index is 10.5. The molecule has 0 aromatic rings. The molecule has 0 radical (unpaired) electrons. The van der Waals surface area contributed by atoms with Gasteiger partial charge in [0, 0.05) is 6.42 Å². The van der Waals surface area contributed by atoms with Crippen LogP contribution in [0.15, 0.2) is 0 Å². The van der Waals surface area contributed by atoms with Crippen LogP contribution in [0.25, 0.3) is 0 Å². The van der Waals surface area contributed by atoms with Gasteiger partial charge < -0.3 is 20.9 Å². The van der Waals surface area contributed by atoms with Gasteiger partial charge in [0.2, 0.25) is 0 Å². The van der Waals surface area contributed by atoms with Crippen LogP contribution in [0.4, 0.5) is 9.59 Å². The van der Waals surface area contributed by atoms with Gasteiger partial charge in [0.25, 0.3) is 0 Å². The molecule has 1 rings (SSSR count). The van der Waals surface area contributed by atoms with Crippen molar-refractivity contribution in [2.24, 2.45) is 11.5 Å². The van der Waals surface area contributed by atoms with Crippen molar-refractivity contribution in [3.05, 3.63) is 0 Å². The standard InChI is InChI=1S/C8H14N2O4/c9-7(11)13-5-2-1-3-6(4-5)14-8(10)12/h5-6H,1-4H2,(H2,9,11)(H2,10,12). The number of hydrogen-bond donors (Lipinski definition) is 2. The van der Waals surface area contributed by atoms with E-state index < -0.39 is 12.2 Å². The minimum Gasteiger partial charge on any atom is -0.446 e. The maximum Gasteiger partial charge on any atom is 0.404 e. The number of amides is 2. The molecule has 4 N–H and O–H groups in total. The minimum absolute atomic E-state index is 0.259. The van der Waals surface area contributed by atoms with Crippen LogP contribution in [0.3, 0.4) is 0 Å². The van der Waals surface area contributed by atoms with Crippen LogP contribution in [0.5, 0.6) is 0 Å². The van der Waals surface area contributed by atoms with Gasteiger partial charge in [0.05, 0.1) is 0 Å². The van der Waals surface area contributed by atoms with Gasteiger partial charge in [-0.25, -0.2) is 9.59 Å². The average molecular weight is 202 g/mol. The number of carbonyl (C=O) groups is 2. The van der Waals surface area contributed by atoms with E-state index in [2.05, 4.69) is 0 Å². The molecule has 80 valence electrons. The zero-order valence-corrected chi connectivity index (χ0v) is 7.77. The fourth-order valence-corrected chi connectivity index (χ4v) is 1.64. The highest BCUT2D eigenvalue weighted by Gasteiger charge is 2.26. The highest BCUT2D eigenvalue weighted by Crippen LogP contribution is 2.23. The molecule has 1 aliphatic rings. The fraction of sp³-hybridized carbons (Fsp3) is 0.750. The van der Waals surface area contributed by atoms with Gasteiger partial charge in [0.15, 0.2) is 0 Å². The summed E-state index contributed by atoms with van der Waals surface area (Å²) in [5.41, 5.74) is 9.75. The lowest BCUT2D eigenvalue weighted by atomic mass is 9.95. The largest absolute Gasteiger partial charge is 0.446 e. The van der Waals surface area contributed by atoms with Crippen molar-refractivity contribution in [3.8, 4) is 0 Å². The van der Waals surface area contributed by atoms with Crippen molar-refractivity contribution >= 4 is 12.2 Å². The molecule has 2 atom stereocenters. The van der Waals surface area contributed by atoms with Crippen molar-refractivity contribution in [1.29, 1.82) is 0 Å². The summed E-state index contributed by atoms with van der Waals surface area (Å²) in [4.78, 5) is 20.9. The number of rotatable bonds is 2. The zero-order chi connectivity index (χ0) is 10.6. The third-order valence-corrected chi connectivity index (χ3v) is 2.14. The van der Waals surface area contributed by atoms with Crippen LogP contribution in [0, 0.1) is 0 Å². The van der Waals surface area contributed by atoms with E-state index in [-0.39, 0.29) is 12.2 Å².